The highest BCUT2D eigenvalue weighted by Crippen LogP contribution is 2.25. The van der Waals surface area contributed by atoms with Crippen molar-refractivity contribution in [1.29, 1.82) is 0 Å². The molecule has 0 heterocycles. The molecule has 1 atom stereocenters. The van der Waals surface area contributed by atoms with E-state index in [0.29, 0.717) is 21.7 Å². The van der Waals surface area contributed by atoms with Gasteiger partial charge in [-0.2, -0.15) is 0 Å². The number of amides is 1. The van der Waals surface area contributed by atoms with Crippen LogP contribution in [0.15, 0.2) is 78.9 Å². The quantitative estimate of drug-likeness (QED) is 0.369. The first-order valence-corrected chi connectivity index (χ1v) is 11.0. The topological polar surface area (TPSA) is 72.5 Å². The van der Waals surface area contributed by atoms with E-state index in [-0.39, 0.29) is 17.7 Å². The molecule has 0 radical (unpaired) electrons. The van der Waals surface area contributed by atoms with Crippen molar-refractivity contribution in [2.24, 2.45) is 0 Å². The third kappa shape index (κ3) is 6.53. The van der Waals surface area contributed by atoms with Crippen LogP contribution in [0.2, 0.25) is 5.02 Å². The highest BCUT2D eigenvalue weighted by atomic mass is 35.5. The summed E-state index contributed by atoms with van der Waals surface area (Å²) in [4.78, 5) is 38.0. The van der Waals surface area contributed by atoms with Crippen LogP contribution in [0.1, 0.15) is 58.7 Å². The molecule has 6 heteroatoms. The fraction of sp³-hybridized carbons (Fsp3) is 0.222. The van der Waals surface area contributed by atoms with Gasteiger partial charge in [0.25, 0.3) is 5.91 Å². The van der Waals surface area contributed by atoms with Crippen molar-refractivity contribution in [1.82, 2.24) is 5.32 Å². The number of Topliss-reactive ketones (excluding diaryl/α,β-unsaturated/α-hetero) is 1. The molecule has 1 amide bonds. The van der Waals surface area contributed by atoms with Gasteiger partial charge in [0.15, 0.2) is 6.10 Å². The maximum atomic E-state index is 13.0. The molecule has 1 N–H and O–H groups in total. The zero-order chi connectivity index (χ0) is 24.0. The summed E-state index contributed by atoms with van der Waals surface area (Å²) in [7, 11) is 0. The Hall–Kier alpha value is -3.44. The van der Waals surface area contributed by atoms with Crippen molar-refractivity contribution in [3.05, 3.63) is 106 Å². The lowest BCUT2D eigenvalue weighted by atomic mass is 9.87. The van der Waals surface area contributed by atoms with E-state index in [1.165, 1.54) is 0 Å². The Morgan fingerprint density at radius 3 is 2.03 bits per heavy atom. The first-order chi connectivity index (χ1) is 15.6. The molecule has 33 heavy (non-hydrogen) atoms. The largest absolute Gasteiger partial charge is 0.448 e. The summed E-state index contributed by atoms with van der Waals surface area (Å²) in [5.41, 5.74) is 2.41. The number of carbonyl (C=O) groups is 3. The number of hydrogen-bond donors (Lipinski definition) is 1. The lowest BCUT2D eigenvalue weighted by Crippen LogP contribution is -2.32. The minimum atomic E-state index is -1.15. The lowest BCUT2D eigenvalue weighted by Gasteiger charge is -2.19. The number of rotatable bonds is 7. The number of hydrogen-bond acceptors (Lipinski definition) is 4. The third-order valence-electron chi connectivity index (χ3n) is 5.12. The van der Waals surface area contributed by atoms with Crippen molar-refractivity contribution in [2.75, 3.05) is 6.54 Å². The van der Waals surface area contributed by atoms with Gasteiger partial charge in [-0.1, -0.05) is 87.0 Å². The molecule has 0 aliphatic carbocycles. The van der Waals surface area contributed by atoms with Gasteiger partial charge in [-0.3, -0.25) is 14.4 Å². The average Bonchev–Trinajstić information content (AvgIpc) is 2.81. The molecule has 0 fully saturated rings. The molecule has 0 saturated heterocycles. The maximum absolute atomic E-state index is 13.0. The van der Waals surface area contributed by atoms with E-state index >= 15 is 0 Å². The predicted octanol–water partition coefficient (Wildman–Crippen LogP) is 5.53. The maximum Gasteiger partial charge on any atom is 0.326 e. The van der Waals surface area contributed by atoms with Crippen LogP contribution in [-0.2, 0) is 14.9 Å². The van der Waals surface area contributed by atoms with Crippen LogP contribution >= 0.6 is 11.6 Å². The molecule has 5 nitrogen and oxygen atoms in total. The van der Waals surface area contributed by atoms with Gasteiger partial charge in [-0.05, 0) is 35.2 Å². The van der Waals surface area contributed by atoms with Gasteiger partial charge in [0.1, 0.15) is 6.54 Å². The van der Waals surface area contributed by atoms with E-state index in [2.05, 4.69) is 26.1 Å². The van der Waals surface area contributed by atoms with Gasteiger partial charge >= 0.3 is 5.97 Å². The van der Waals surface area contributed by atoms with Gasteiger partial charge in [0, 0.05) is 21.7 Å². The Morgan fingerprint density at radius 2 is 1.45 bits per heavy atom. The molecule has 0 aromatic heterocycles. The molecular formula is C27H26ClNO4. The van der Waals surface area contributed by atoms with Crippen LogP contribution in [0.4, 0.5) is 0 Å². The van der Waals surface area contributed by atoms with Crippen molar-refractivity contribution in [3.63, 3.8) is 0 Å². The lowest BCUT2D eigenvalue weighted by molar-refractivity contribution is -0.146. The molecule has 3 aromatic rings. The molecule has 170 valence electrons. The predicted molar refractivity (Wildman–Crippen MR) is 129 cm³/mol. The SMILES string of the molecule is CC(C)(C)c1ccc(C(=O)NCC(=O)O[C@@H](C(=O)c2ccccc2)c2ccc(Cl)cc2)cc1. The Balaban J connectivity index is 1.68. The van der Waals surface area contributed by atoms with Gasteiger partial charge < -0.3 is 10.1 Å². The smallest absolute Gasteiger partial charge is 0.326 e. The zero-order valence-corrected chi connectivity index (χ0v) is 19.6. The van der Waals surface area contributed by atoms with Crippen molar-refractivity contribution in [3.8, 4) is 0 Å². The monoisotopic (exact) mass is 463 g/mol. The van der Waals surface area contributed by atoms with E-state index in [1.54, 1.807) is 66.7 Å². The second-order valence-corrected chi connectivity index (χ2v) is 9.10. The third-order valence-corrected chi connectivity index (χ3v) is 5.38. The number of ketones is 1. The summed E-state index contributed by atoms with van der Waals surface area (Å²) in [6, 6.07) is 22.3. The van der Waals surface area contributed by atoms with E-state index in [1.807, 2.05) is 12.1 Å². The van der Waals surface area contributed by atoms with Crippen molar-refractivity contribution < 1.29 is 19.1 Å². The van der Waals surface area contributed by atoms with Gasteiger partial charge in [0.05, 0.1) is 0 Å². The second-order valence-electron chi connectivity index (χ2n) is 8.66. The molecule has 0 unspecified atom stereocenters. The number of benzene rings is 3. The Bertz CT molecular complexity index is 1120. The molecule has 0 aliphatic rings. The number of nitrogens with one attached hydrogen (secondary N) is 1. The standard InChI is InChI=1S/C27H26ClNO4/c1-27(2,3)21-13-9-20(10-14-21)26(32)29-17-23(30)33-25(19-11-15-22(28)16-12-19)24(31)18-7-5-4-6-8-18/h4-16,25H,17H2,1-3H3,(H,29,32)/t25-/m1/s1. The Kier molecular flexibility index (Phi) is 7.67. The summed E-state index contributed by atoms with van der Waals surface area (Å²) >= 11 is 5.96. The number of carbonyl (C=O) groups excluding carboxylic acids is 3. The highest BCUT2D eigenvalue weighted by molar-refractivity contribution is 6.30. The van der Waals surface area contributed by atoms with Gasteiger partial charge in [-0.15, -0.1) is 0 Å². The fourth-order valence-electron chi connectivity index (χ4n) is 3.21. The first-order valence-electron chi connectivity index (χ1n) is 10.6. The van der Waals surface area contributed by atoms with Crippen LogP contribution in [0.25, 0.3) is 0 Å². The number of halogens is 1. The Morgan fingerprint density at radius 1 is 0.848 bits per heavy atom. The van der Waals surface area contributed by atoms with E-state index in [9.17, 15) is 14.4 Å². The number of esters is 1. The minimum Gasteiger partial charge on any atom is -0.448 e. The van der Waals surface area contributed by atoms with Crippen LogP contribution in [-0.4, -0.2) is 24.2 Å². The fourth-order valence-corrected chi connectivity index (χ4v) is 3.34. The van der Waals surface area contributed by atoms with E-state index in [4.69, 9.17) is 16.3 Å². The molecule has 0 aliphatic heterocycles. The zero-order valence-electron chi connectivity index (χ0n) is 18.8. The molecule has 0 saturated carbocycles. The van der Waals surface area contributed by atoms with E-state index < -0.39 is 18.0 Å². The molecular weight excluding hydrogens is 438 g/mol. The normalized spacial score (nSPS) is 12.0. The van der Waals surface area contributed by atoms with Crippen LogP contribution in [0, 0.1) is 0 Å². The molecule has 3 aromatic carbocycles. The number of ether oxygens (including phenoxy) is 1. The summed E-state index contributed by atoms with van der Waals surface area (Å²) in [6.07, 6.45) is -1.15. The summed E-state index contributed by atoms with van der Waals surface area (Å²) < 4.78 is 5.50. The van der Waals surface area contributed by atoms with E-state index in [0.717, 1.165) is 5.56 Å². The summed E-state index contributed by atoms with van der Waals surface area (Å²) in [5, 5.41) is 3.06. The van der Waals surface area contributed by atoms with Gasteiger partial charge in [-0.25, -0.2) is 0 Å². The summed E-state index contributed by atoms with van der Waals surface area (Å²) in [5.74, 6) is -1.49. The Labute approximate surface area is 198 Å². The first kappa shape index (κ1) is 24.2. The average molecular weight is 464 g/mol. The minimum absolute atomic E-state index is 0.0270. The van der Waals surface area contributed by atoms with Crippen LogP contribution in [0.3, 0.4) is 0 Å². The molecule has 0 bridgehead atoms. The molecule has 3 rings (SSSR count). The molecule has 0 spiro atoms. The van der Waals surface area contributed by atoms with Crippen LogP contribution < -0.4 is 5.32 Å². The van der Waals surface area contributed by atoms with Crippen molar-refractivity contribution >= 4 is 29.3 Å². The van der Waals surface area contributed by atoms with Crippen molar-refractivity contribution in [2.45, 2.75) is 32.3 Å². The second kappa shape index (κ2) is 10.5. The summed E-state index contributed by atoms with van der Waals surface area (Å²) in [6.45, 7) is 5.90. The highest BCUT2D eigenvalue weighted by Gasteiger charge is 2.26. The van der Waals surface area contributed by atoms with Crippen LogP contribution in [0.5, 0.6) is 0 Å². The van der Waals surface area contributed by atoms with Gasteiger partial charge in [0.2, 0.25) is 5.78 Å².